The third kappa shape index (κ3) is 4.00. The number of primary amides is 1. The Morgan fingerprint density at radius 3 is 2.33 bits per heavy atom. The molecule has 6 nitrogen and oxygen atoms in total. The largest absolute Gasteiger partial charge is 0.368 e. The molecule has 0 bridgehead atoms. The molecule has 6 heteroatoms. The number of hydrogen-bond acceptors (Lipinski definition) is 4. The van der Waals surface area contributed by atoms with E-state index in [-0.39, 0.29) is 23.5 Å². The Bertz CT molecular complexity index is 885. The van der Waals surface area contributed by atoms with Gasteiger partial charge < -0.3 is 11.1 Å². The van der Waals surface area contributed by atoms with Gasteiger partial charge >= 0.3 is 0 Å². The standard InChI is InChI=1S/C21H24N4O2/c1-21(2,3)15-11-7-8-12-16(15)23-20(27)17-13-18(19(22)26)25(24-17)14-9-5-4-6-10-14/h4-12,18H,13H2,1-3H3,(H2,22,26)(H,23,27). The fourth-order valence-corrected chi connectivity index (χ4v) is 3.13. The highest BCUT2D eigenvalue weighted by molar-refractivity contribution is 6.44. The second kappa shape index (κ2) is 7.23. The highest BCUT2D eigenvalue weighted by Crippen LogP contribution is 2.30. The molecule has 27 heavy (non-hydrogen) atoms. The van der Waals surface area contributed by atoms with E-state index < -0.39 is 11.9 Å². The first-order valence-electron chi connectivity index (χ1n) is 8.89. The van der Waals surface area contributed by atoms with Crippen molar-refractivity contribution in [2.45, 2.75) is 38.6 Å². The van der Waals surface area contributed by atoms with Gasteiger partial charge in [-0.2, -0.15) is 5.10 Å². The zero-order valence-electron chi connectivity index (χ0n) is 15.8. The minimum atomic E-state index is -0.675. The van der Waals surface area contributed by atoms with Gasteiger partial charge in [-0.25, -0.2) is 0 Å². The summed E-state index contributed by atoms with van der Waals surface area (Å²) in [7, 11) is 0. The molecule has 0 saturated heterocycles. The fraction of sp³-hybridized carbons (Fsp3) is 0.286. The highest BCUT2D eigenvalue weighted by atomic mass is 16.2. The van der Waals surface area contributed by atoms with Gasteiger partial charge in [0, 0.05) is 12.1 Å². The molecule has 1 atom stereocenters. The van der Waals surface area contributed by atoms with Gasteiger partial charge in [-0.05, 0) is 29.2 Å². The van der Waals surface area contributed by atoms with Gasteiger partial charge in [0.05, 0.1) is 5.69 Å². The molecular formula is C21H24N4O2. The molecule has 0 aliphatic carbocycles. The smallest absolute Gasteiger partial charge is 0.271 e. The summed E-state index contributed by atoms with van der Waals surface area (Å²) in [4.78, 5) is 24.7. The number of nitrogens with two attached hydrogens (primary N) is 1. The van der Waals surface area contributed by atoms with Crippen LogP contribution in [0.15, 0.2) is 59.7 Å². The summed E-state index contributed by atoms with van der Waals surface area (Å²) in [6.45, 7) is 6.27. The van der Waals surface area contributed by atoms with E-state index in [1.54, 1.807) is 0 Å². The van der Waals surface area contributed by atoms with Gasteiger partial charge in [0.15, 0.2) is 0 Å². The average molecular weight is 364 g/mol. The van der Waals surface area contributed by atoms with Crippen LogP contribution in [-0.2, 0) is 15.0 Å². The van der Waals surface area contributed by atoms with Crippen molar-refractivity contribution in [1.29, 1.82) is 0 Å². The SMILES string of the molecule is CC(C)(C)c1ccccc1NC(=O)C1=NN(c2ccccc2)C(C(N)=O)C1. The lowest BCUT2D eigenvalue weighted by Crippen LogP contribution is -2.39. The van der Waals surface area contributed by atoms with E-state index in [2.05, 4.69) is 31.2 Å². The number of nitrogens with zero attached hydrogens (tertiary/aromatic N) is 2. The predicted octanol–water partition coefficient (Wildman–Crippen LogP) is 3.04. The topological polar surface area (TPSA) is 87.8 Å². The number of rotatable bonds is 4. The number of anilines is 2. The maximum Gasteiger partial charge on any atom is 0.271 e. The molecule has 140 valence electrons. The lowest BCUT2D eigenvalue weighted by Gasteiger charge is -2.22. The Kier molecular flexibility index (Phi) is 4.99. The number of carbonyl (C=O) groups excluding carboxylic acids is 2. The van der Waals surface area contributed by atoms with Gasteiger partial charge in [0.25, 0.3) is 5.91 Å². The van der Waals surface area contributed by atoms with Crippen molar-refractivity contribution < 1.29 is 9.59 Å². The van der Waals surface area contributed by atoms with Crippen molar-refractivity contribution >= 4 is 28.9 Å². The molecule has 0 radical (unpaired) electrons. The third-order valence-electron chi connectivity index (χ3n) is 4.50. The normalized spacial score (nSPS) is 16.8. The Morgan fingerprint density at radius 2 is 1.70 bits per heavy atom. The molecular weight excluding hydrogens is 340 g/mol. The predicted molar refractivity (Wildman–Crippen MR) is 108 cm³/mol. The summed E-state index contributed by atoms with van der Waals surface area (Å²) in [6.07, 6.45) is 0.174. The number of para-hydroxylation sites is 2. The summed E-state index contributed by atoms with van der Waals surface area (Å²) < 4.78 is 0. The van der Waals surface area contributed by atoms with E-state index in [1.165, 1.54) is 5.01 Å². The quantitative estimate of drug-likeness (QED) is 0.874. The molecule has 1 aliphatic rings. The zero-order chi connectivity index (χ0) is 19.6. The Balaban J connectivity index is 1.87. The zero-order valence-corrected chi connectivity index (χ0v) is 15.8. The van der Waals surface area contributed by atoms with E-state index >= 15 is 0 Å². The van der Waals surface area contributed by atoms with Crippen LogP contribution in [0.2, 0.25) is 0 Å². The first kappa shape index (κ1) is 18.6. The Hall–Kier alpha value is -3.15. The van der Waals surface area contributed by atoms with Gasteiger partial charge in [-0.15, -0.1) is 0 Å². The summed E-state index contributed by atoms with van der Waals surface area (Å²) in [6, 6.07) is 16.2. The van der Waals surface area contributed by atoms with Crippen molar-refractivity contribution in [3.63, 3.8) is 0 Å². The van der Waals surface area contributed by atoms with Crippen LogP contribution in [0.3, 0.4) is 0 Å². The number of amides is 2. The van der Waals surface area contributed by atoms with E-state index in [0.29, 0.717) is 0 Å². The van der Waals surface area contributed by atoms with Crippen LogP contribution in [0, 0.1) is 0 Å². The second-order valence-electron chi connectivity index (χ2n) is 7.60. The van der Waals surface area contributed by atoms with Crippen LogP contribution in [0.5, 0.6) is 0 Å². The van der Waals surface area contributed by atoms with Crippen molar-refractivity contribution in [1.82, 2.24) is 0 Å². The maximum absolute atomic E-state index is 12.8. The van der Waals surface area contributed by atoms with Crippen molar-refractivity contribution in [2.24, 2.45) is 10.8 Å². The Morgan fingerprint density at radius 1 is 1.07 bits per heavy atom. The molecule has 3 rings (SSSR count). The van der Waals surface area contributed by atoms with Crippen molar-refractivity contribution in [2.75, 3.05) is 10.3 Å². The first-order chi connectivity index (χ1) is 12.8. The van der Waals surface area contributed by atoms with Gasteiger partial charge in [0.2, 0.25) is 5.91 Å². The van der Waals surface area contributed by atoms with Gasteiger partial charge in [0.1, 0.15) is 11.8 Å². The van der Waals surface area contributed by atoms with E-state index in [0.717, 1.165) is 16.9 Å². The number of hydrazone groups is 1. The average Bonchev–Trinajstić information content (AvgIpc) is 3.08. The van der Waals surface area contributed by atoms with E-state index in [1.807, 2.05) is 54.6 Å². The molecule has 0 aromatic heterocycles. The van der Waals surface area contributed by atoms with Crippen LogP contribution in [0.25, 0.3) is 0 Å². The van der Waals surface area contributed by atoms with Crippen molar-refractivity contribution in [3.05, 3.63) is 60.2 Å². The number of carbonyl (C=O) groups is 2. The molecule has 2 amide bonds. The molecule has 2 aromatic carbocycles. The number of hydrogen-bond donors (Lipinski definition) is 2. The lowest BCUT2D eigenvalue weighted by atomic mass is 9.86. The summed E-state index contributed by atoms with van der Waals surface area (Å²) >= 11 is 0. The van der Waals surface area contributed by atoms with Gasteiger partial charge in [-0.1, -0.05) is 57.2 Å². The number of nitrogens with one attached hydrogen (secondary N) is 1. The van der Waals surface area contributed by atoms with Crippen molar-refractivity contribution in [3.8, 4) is 0 Å². The molecule has 0 fully saturated rings. The number of benzene rings is 2. The molecule has 3 N–H and O–H groups in total. The van der Waals surface area contributed by atoms with E-state index in [9.17, 15) is 9.59 Å². The maximum atomic E-state index is 12.8. The summed E-state index contributed by atoms with van der Waals surface area (Å²) in [5.41, 5.74) is 8.20. The lowest BCUT2D eigenvalue weighted by molar-refractivity contribution is -0.119. The first-order valence-corrected chi connectivity index (χ1v) is 8.89. The minimum Gasteiger partial charge on any atom is -0.368 e. The second-order valence-corrected chi connectivity index (χ2v) is 7.60. The monoisotopic (exact) mass is 364 g/mol. The van der Waals surface area contributed by atoms with Crippen LogP contribution in [0.1, 0.15) is 32.8 Å². The van der Waals surface area contributed by atoms with Crippen LogP contribution >= 0.6 is 0 Å². The molecule has 1 unspecified atom stereocenters. The van der Waals surface area contributed by atoms with Gasteiger partial charge in [-0.3, -0.25) is 14.6 Å². The van der Waals surface area contributed by atoms with E-state index in [4.69, 9.17) is 5.73 Å². The fourth-order valence-electron chi connectivity index (χ4n) is 3.13. The molecule has 1 heterocycles. The highest BCUT2D eigenvalue weighted by Gasteiger charge is 2.35. The third-order valence-corrected chi connectivity index (χ3v) is 4.50. The van der Waals surface area contributed by atoms with Crippen LogP contribution in [-0.4, -0.2) is 23.6 Å². The minimum absolute atomic E-state index is 0.118. The molecule has 2 aromatic rings. The van der Waals surface area contributed by atoms with Crippen LogP contribution in [0.4, 0.5) is 11.4 Å². The molecule has 1 aliphatic heterocycles. The molecule has 0 spiro atoms. The van der Waals surface area contributed by atoms with Crippen LogP contribution < -0.4 is 16.1 Å². The summed E-state index contributed by atoms with van der Waals surface area (Å²) in [5.74, 6) is -0.836. The molecule has 0 saturated carbocycles. The Labute approximate surface area is 159 Å². The summed E-state index contributed by atoms with van der Waals surface area (Å²) in [5, 5.41) is 8.85.